The van der Waals surface area contributed by atoms with Crippen LogP contribution in [0.3, 0.4) is 0 Å². The molecule has 0 amide bonds. The van der Waals surface area contributed by atoms with E-state index in [1.54, 1.807) is 7.11 Å². The lowest BCUT2D eigenvalue weighted by molar-refractivity contribution is 0.243. The van der Waals surface area contributed by atoms with E-state index in [4.69, 9.17) is 21.1 Å². The molecule has 0 spiro atoms. The summed E-state index contributed by atoms with van der Waals surface area (Å²) in [5.74, 6) is 1.65. The fourth-order valence-corrected chi connectivity index (χ4v) is 2.31. The van der Waals surface area contributed by atoms with Crippen LogP contribution in [0.4, 0.5) is 0 Å². The molecule has 0 radical (unpaired) electrons. The van der Waals surface area contributed by atoms with E-state index < -0.39 is 0 Å². The van der Waals surface area contributed by atoms with Crippen molar-refractivity contribution < 1.29 is 9.47 Å². The molecule has 0 N–H and O–H groups in total. The molecule has 1 aromatic carbocycles. The van der Waals surface area contributed by atoms with Crippen LogP contribution in [0.15, 0.2) is 18.2 Å². The Morgan fingerprint density at radius 2 is 1.80 bits per heavy atom. The number of benzene rings is 1. The zero-order valence-corrected chi connectivity index (χ0v) is 13.3. The molecule has 0 atom stereocenters. The largest absolute Gasteiger partial charge is 0.489 e. The number of pyridine rings is 1. The van der Waals surface area contributed by atoms with Crippen molar-refractivity contribution in [2.24, 2.45) is 0 Å². The Balaban J connectivity index is 2.60. The minimum absolute atomic E-state index is 0.0711. The first kappa shape index (κ1) is 14.9. The SMILES string of the molecule is COc1nc2cc(OC(C)C)c(Cl)cc2cc1C(C)C. The van der Waals surface area contributed by atoms with Crippen LogP contribution in [-0.2, 0) is 0 Å². The van der Waals surface area contributed by atoms with Gasteiger partial charge in [-0.1, -0.05) is 25.4 Å². The van der Waals surface area contributed by atoms with Crippen LogP contribution >= 0.6 is 11.6 Å². The van der Waals surface area contributed by atoms with Gasteiger partial charge in [0, 0.05) is 17.0 Å². The molecule has 0 bridgehead atoms. The third-order valence-corrected chi connectivity index (χ3v) is 3.33. The van der Waals surface area contributed by atoms with E-state index in [-0.39, 0.29) is 6.10 Å². The van der Waals surface area contributed by atoms with Crippen molar-refractivity contribution in [3.63, 3.8) is 0 Å². The molecule has 0 aliphatic carbocycles. The molecular formula is C16H20ClNO2. The van der Waals surface area contributed by atoms with E-state index in [1.807, 2.05) is 26.0 Å². The standard InChI is InChI=1S/C16H20ClNO2/c1-9(2)12-6-11-7-13(17)15(20-10(3)4)8-14(11)18-16(12)19-5/h6-10H,1-5H3. The minimum Gasteiger partial charge on any atom is -0.489 e. The van der Waals surface area contributed by atoms with E-state index >= 15 is 0 Å². The molecule has 1 aromatic heterocycles. The topological polar surface area (TPSA) is 31.4 Å². The third kappa shape index (κ3) is 2.98. The number of hydrogen-bond donors (Lipinski definition) is 0. The van der Waals surface area contributed by atoms with Crippen molar-refractivity contribution in [3.8, 4) is 11.6 Å². The van der Waals surface area contributed by atoms with Gasteiger partial charge in [-0.25, -0.2) is 4.98 Å². The Morgan fingerprint density at radius 1 is 1.10 bits per heavy atom. The first-order chi connectivity index (χ1) is 9.42. The summed E-state index contributed by atoms with van der Waals surface area (Å²) in [6, 6.07) is 5.84. The molecule has 20 heavy (non-hydrogen) atoms. The molecule has 2 aromatic rings. The summed E-state index contributed by atoms with van der Waals surface area (Å²) in [5.41, 5.74) is 1.90. The summed E-state index contributed by atoms with van der Waals surface area (Å²) in [4.78, 5) is 4.56. The highest BCUT2D eigenvalue weighted by Gasteiger charge is 2.13. The van der Waals surface area contributed by atoms with Crippen molar-refractivity contribution in [1.82, 2.24) is 4.98 Å². The molecule has 0 aliphatic rings. The van der Waals surface area contributed by atoms with Gasteiger partial charge in [0.2, 0.25) is 5.88 Å². The second-order valence-corrected chi connectivity index (χ2v) is 5.79. The van der Waals surface area contributed by atoms with Gasteiger partial charge in [-0.05, 0) is 31.9 Å². The van der Waals surface area contributed by atoms with Gasteiger partial charge in [0.05, 0.1) is 23.8 Å². The maximum Gasteiger partial charge on any atom is 0.217 e. The van der Waals surface area contributed by atoms with Gasteiger partial charge in [0.15, 0.2) is 0 Å². The lowest BCUT2D eigenvalue weighted by Gasteiger charge is -2.15. The number of halogens is 1. The molecule has 0 aliphatic heterocycles. The van der Waals surface area contributed by atoms with E-state index in [0.717, 1.165) is 16.5 Å². The summed E-state index contributed by atoms with van der Waals surface area (Å²) in [6.07, 6.45) is 0.0711. The molecule has 1 heterocycles. The Bertz CT molecular complexity index is 623. The number of hydrogen-bond acceptors (Lipinski definition) is 3. The van der Waals surface area contributed by atoms with Gasteiger partial charge >= 0.3 is 0 Å². The van der Waals surface area contributed by atoms with Crippen LogP contribution in [0, 0.1) is 0 Å². The van der Waals surface area contributed by atoms with Gasteiger partial charge in [0.25, 0.3) is 0 Å². The number of methoxy groups -OCH3 is 1. The van der Waals surface area contributed by atoms with E-state index in [0.29, 0.717) is 22.6 Å². The number of fused-ring (bicyclic) bond motifs is 1. The van der Waals surface area contributed by atoms with Crippen molar-refractivity contribution >= 4 is 22.5 Å². The molecule has 0 saturated heterocycles. The predicted molar refractivity (Wildman–Crippen MR) is 83.2 cm³/mol. The average molecular weight is 294 g/mol. The predicted octanol–water partition coefficient (Wildman–Crippen LogP) is 4.81. The molecular weight excluding hydrogens is 274 g/mol. The normalized spacial score (nSPS) is 11.4. The lowest BCUT2D eigenvalue weighted by atomic mass is 10.0. The number of aromatic nitrogens is 1. The van der Waals surface area contributed by atoms with Crippen LogP contribution in [0.5, 0.6) is 11.6 Å². The Hall–Kier alpha value is -1.48. The van der Waals surface area contributed by atoms with Gasteiger partial charge < -0.3 is 9.47 Å². The molecule has 0 unspecified atom stereocenters. The second-order valence-electron chi connectivity index (χ2n) is 5.38. The van der Waals surface area contributed by atoms with E-state index in [9.17, 15) is 0 Å². The maximum absolute atomic E-state index is 6.27. The highest BCUT2D eigenvalue weighted by atomic mass is 35.5. The van der Waals surface area contributed by atoms with Crippen molar-refractivity contribution in [1.29, 1.82) is 0 Å². The highest BCUT2D eigenvalue weighted by Crippen LogP contribution is 2.34. The summed E-state index contributed by atoms with van der Waals surface area (Å²) >= 11 is 6.27. The van der Waals surface area contributed by atoms with Gasteiger partial charge in [-0.15, -0.1) is 0 Å². The number of nitrogens with zero attached hydrogens (tertiary/aromatic N) is 1. The van der Waals surface area contributed by atoms with Gasteiger partial charge in [0.1, 0.15) is 5.75 Å². The summed E-state index contributed by atoms with van der Waals surface area (Å²) in [6.45, 7) is 8.17. The molecule has 0 fully saturated rings. The smallest absolute Gasteiger partial charge is 0.217 e. The summed E-state index contributed by atoms with van der Waals surface area (Å²) in [7, 11) is 1.64. The van der Waals surface area contributed by atoms with Crippen LogP contribution in [0.1, 0.15) is 39.2 Å². The quantitative estimate of drug-likeness (QED) is 0.811. The maximum atomic E-state index is 6.27. The monoisotopic (exact) mass is 293 g/mol. The number of rotatable bonds is 4. The summed E-state index contributed by atoms with van der Waals surface area (Å²) in [5, 5.41) is 1.60. The van der Waals surface area contributed by atoms with Crippen LogP contribution in [0.2, 0.25) is 5.02 Å². The Kier molecular flexibility index (Phi) is 4.39. The average Bonchev–Trinajstić information content (AvgIpc) is 2.37. The van der Waals surface area contributed by atoms with Gasteiger partial charge in [-0.2, -0.15) is 0 Å². The number of ether oxygens (including phenoxy) is 2. The fourth-order valence-electron chi connectivity index (χ4n) is 2.10. The lowest BCUT2D eigenvalue weighted by Crippen LogP contribution is -2.06. The first-order valence-electron chi connectivity index (χ1n) is 6.77. The van der Waals surface area contributed by atoms with Crippen LogP contribution in [-0.4, -0.2) is 18.2 Å². The van der Waals surface area contributed by atoms with Crippen molar-refractivity contribution in [2.75, 3.05) is 7.11 Å². The molecule has 4 heteroatoms. The van der Waals surface area contributed by atoms with Crippen LogP contribution in [0.25, 0.3) is 10.9 Å². The fraction of sp³-hybridized carbons (Fsp3) is 0.438. The van der Waals surface area contributed by atoms with E-state index in [2.05, 4.69) is 24.9 Å². The zero-order valence-electron chi connectivity index (χ0n) is 12.5. The van der Waals surface area contributed by atoms with Gasteiger partial charge in [-0.3, -0.25) is 0 Å². The molecule has 0 saturated carbocycles. The zero-order chi connectivity index (χ0) is 14.9. The Morgan fingerprint density at radius 3 is 2.35 bits per heavy atom. The second kappa shape index (κ2) is 5.88. The Labute approximate surface area is 124 Å². The first-order valence-corrected chi connectivity index (χ1v) is 7.15. The highest BCUT2D eigenvalue weighted by molar-refractivity contribution is 6.32. The minimum atomic E-state index is 0.0711. The van der Waals surface area contributed by atoms with Crippen molar-refractivity contribution in [2.45, 2.75) is 39.7 Å². The molecule has 2 rings (SSSR count). The summed E-state index contributed by atoms with van der Waals surface area (Å²) < 4.78 is 11.1. The molecule has 108 valence electrons. The van der Waals surface area contributed by atoms with Crippen molar-refractivity contribution in [3.05, 3.63) is 28.8 Å². The van der Waals surface area contributed by atoms with Crippen LogP contribution < -0.4 is 9.47 Å². The third-order valence-electron chi connectivity index (χ3n) is 3.04. The van der Waals surface area contributed by atoms with E-state index in [1.165, 1.54) is 0 Å². The molecule has 3 nitrogen and oxygen atoms in total.